The Balaban J connectivity index is 1.79. The second-order valence-corrected chi connectivity index (χ2v) is 10.7. The van der Waals surface area contributed by atoms with Crippen LogP contribution in [0.1, 0.15) is 71.6 Å². The first-order valence-electron chi connectivity index (χ1n) is 10.9. The van der Waals surface area contributed by atoms with Crippen molar-refractivity contribution in [1.29, 1.82) is 0 Å². The third kappa shape index (κ3) is 4.94. The lowest BCUT2D eigenvalue weighted by atomic mass is 9.73. The third-order valence-electron chi connectivity index (χ3n) is 6.62. The molecule has 0 spiro atoms. The van der Waals surface area contributed by atoms with E-state index in [1.807, 2.05) is 13.8 Å². The molecule has 0 amide bonds. The topological polar surface area (TPSA) is 86.7 Å². The van der Waals surface area contributed by atoms with Crippen LogP contribution >= 0.6 is 0 Å². The molecule has 1 aromatic carbocycles. The predicted octanol–water partition coefficient (Wildman–Crippen LogP) is 4.42. The summed E-state index contributed by atoms with van der Waals surface area (Å²) < 4.78 is 36.4. The molecule has 7 heteroatoms. The van der Waals surface area contributed by atoms with E-state index in [4.69, 9.17) is 8.92 Å². The third-order valence-corrected chi connectivity index (χ3v) is 7.90. The molecular weight excluding hydrogens is 404 g/mol. The zero-order chi connectivity index (χ0) is 21.8. The van der Waals surface area contributed by atoms with E-state index in [-0.39, 0.29) is 29.4 Å². The number of carbonyl (C=O) groups excluding carboxylic acids is 2. The summed E-state index contributed by atoms with van der Waals surface area (Å²) >= 11 is 0. The van der Waals surface area contributed by atoms with Gasteiger partial charge in [-0.15, -0.1) is 0 Å². The van der Waals surface area contributed by atoms with Crippen molar-refractivity contribution >= 4 is 21.9 Å². The van der Waals surface area contributed by atoms with Crippen LogP contribution in [0, 0.1) is 11.3 Å². The molecule has 0 heterocycles. The lowest BCUT2D eigenvalue weighted by Crippen LogP contribution is -2.50. The number of hydrogen-bond acceptors (Lipinski definition) is 6. The number of benzene rings is 1. The first kappa shape index (κ1) is 22.9. The molecule has 2 fully saturated rings. The maximum atomic E-state index is 13.3. The fourth-order valence-corrected chi connectivity index (χ4v) is 5.55. The second-order valence-electron chi connectivity index (χ2n) is 9.07. The summed E-state index contributed by atoms with van der Waals surface area (Å²) in [6.07, 6.45) is 7.19. The standard InChI is InChI=1S/C23H32O6S/c1-22(2,18-11-5-3-6-12-18)29-21(25)23(16-10-9-15-20(23)24)17-28-30(26,27)19-13-7-4-8-14-19/h4,7-8,13-14,18H,3,5-6,9-12,15-17H2,1-2H3. The van der Waals surface area contributed by atoms with Crippen molar-refractivity contribution in [2.24, 2.45) is 11.3 Å². The maximum absolute atomic E-state index is 13.3. The Morgan fingerprint density at radius 2 is 1.73 bits per heavy atom. The van der Waals surface area contributed by atoms with Crippen LogP contribution in [0.5, 0.6) is 0 Å². The zero-order valence-electron chi connectivity index (χ0n) is 17.9. The first-order valence-corrected chi connectivity index (χ1v) is 12.3. The summed E-state index contributed by atoms with van der Waals surface area (Å²) in [5.41, 5.74) is -2.27. The number of Topliss-reactive ketones (excluding diaryl/α,β-unsaturated/α-hetero) is 1. The van der Waals surface area contributed by atoms with Gasteiger partial charge in [0.25, 0.3) is 10.1 Å². The van der Waals surface area contributed by atoms with Gasteiger partial charge < -0.3 is 4.74 Å². The molecule has 2 aliphatic rings. The molecule has 0 bridgehead atoms. The Hall–Kier alpha value is -1.73. The quantitative estimate of drug-likeness (QED) is 0.357. The fraction of sp³-hybridized carbons (Fsp3) is 0.652. The van der Waals surface area contributed by atoms with Crippen LogP contribution in [0.2, 0.25) is 0 Å². The van der Waals surface area contributed by atoms with Gasteiger partial charge in [-0.05, 0) is 57.6 Å². The summed E-state index contributed by atoms with van der Waals surface area (Å²) in [4.78, 5) is 26.2. The van der Waals surface area contributed by atoms with Crippen LogP contribution < -0.4 is 0 Å². The van der Waals surface area contributed by atoms with E-state index in [1.165, 1.54) is 18.6 Å². The summed E-state index contributed by atoms with van der Waals surface area (Å²) in [5, 5.41) is 0. The SMILES string of the molecule is CC(C)(OC(=O)C1(COS(=O)(=O)c2ccccc2)CCCCC1=O)C1CCCCC1. The molecule has 1 atom stereocenters. The van der Waals surface area contributed by atoms with Gasteiger partial charge in [-0.2, -0.15) is 8.42 Å². The van der Waals surface area contributed by atoms with Crippen molar-refractivity contribution in [2.75, 3.05) is 6.61 Å². The predicted molar refractivity (Wildman–Crippen MR) is 112 cm³/mol. The molecule has 0 saturated heterocycles. The molecule has 3 rings (SSSR count). The summed E-state index contributed by atoms with van der Waals surface area (Å²) in [6, 6.07) is 7.75. The molecule has 2 aliphatic carbocycles. The van der Waals surface area contributed by atoms with Crippen LogP contribution in [-0.2, 0) is 28.6 Å². The molecule has 1 unspecified atom stereocenters. The van der Waals surface area contributed by atoms with Crippen molar-refractivity contribution in [1.82, 2.24) is 0 Å². The van der Waals surface area contributed by atoms with Crippen LogP contribution in [-0.4, -0.2) is 32.4 Å². The van der Waals surface area contributed by atoms with Crippen molar-refractivity contribution in [3.63, 3.8) is 0 Å². The molecule has 1 aromatic rings. The van der Waals surface area contributed by atoms with Crippen LogP contribution in [0.15, 0.2) is 35.2 Å². The largest absolute Gasteiger partial charge is 0.459 e. The van der Waals surface area contributed by atoms with Crippen LogP contribution in [0.4, 0.5) is 0 Å². The van der Waals surface area contributed by atoms with Gasteiger partial charge in [0.05, 0.1) is 11.5 Å². The van der Waals surface area contributed by atoms with Crippen molar-refractivity contribution < 1.29 is 26.9 Å². The smallest absolute Gasteiger partial charge is 0.322 e. The number of rotatable bonds is 7. The molecule has 0 radical (unpaired) electrons. The highest BCUT2D eigenvalue weighted by Gasteiger charge is 2.51. The van der Waals surface area contributed by atoms with E-state index in [9.17, 15) is 18.0 Å². The minimum atomic E-state index is -4.08. The molecule has 0 aromatic heterocycles. The van der Waals surface area contributed by atoms with Gasteiger partial charge in [-0.3, -0.25) is 13.8 Å². The average Bonchev–Trinajstić information content (AvgIpc) is 2.74. The average molecular weight is 437 g/mol. The number of esters is 1. The second kappa shape index (κ2) is 9.18. The lowest BCUT2D eigenvalue weighted by molar-refractivity contribution is -0.181. The highest BCUT2D eigenvalue weighted by atomic mass is 32.2. The molecule has 30 heavy (non-hydrogen) atoms. The molecule has 6 nitrogen and oxygen atoms in total. The van der Waals surface area contributed by atoms with Gasteiger partial charge >= 0.3 is 5.97 Å². The maximum Gasteiger partial charge on any atom is 0.322 e. The van der Waals surface area contributed by atoms with E-state index >= 15 is 0 Å². The van der Waals surface area contributed by atoms with E-state index in [1.54, 1.807) is 18.2 Å². The Kier molecular flexibility index (Phi) is 7.02. The number of ether oxygens (including phenoxy) is 1. The van der Waals surface area contributed by atoms with Crippen LogP contribution in [0.3, 0.4) is 0 Å². The van der Waals surface area contributed by atoms with E-state index < -0.39 is 33.7 Å². The monoisotopic (exact) mass is 436 g/mol. The van der Waals surface area contributed by atoms with Crippen molar-refractivity contribution in [3.05, 3.63) is 30.3 Å². The molecule has 166 valence electrons. The number of hydrogen-bond donors (Lipinski definition) is 0. The van der Waals surface area contributed by atoms with Crippen molar-refractivity contribution in [3.8, 4) is 0 Å². The minimum Gasteiger partial charge on any atom is -0.459 e. The van der Waals surface area contributed by atoms with Crippen LogP contribution in [0.25, 0.3) is 0 Å². The first-order chi connectivity index (χ1) is 14.2. The molecule has 2 saturated carbocycles. The Bertz CT molecular complexity index is 855. The van der Waals surface area contributed by atoms with Gasteiger partial charge in [0.2, 0.25) is 0 Å². The normalized spacial score (nSPS) is 23.9. The summed E-state index contributed by atoms with van der Waals surface area (Å²) in [7, 11) is -4.08. The van der Waals surface area contributed by atoms with Gasteiger partial charge in [-0.25, -0.2) is 0 Å². The molecule has 0 N–H and O–H groups in total. The van der Waals surface area contributed by atoms with Gasteiger partial charge in [0.1, 0.15) is 5.60 Å². The minimum absolute atomic E-state index is 0.000638. The van der Waals surface area contributed by atoms with E-state index in [0.717, 1.165) is 25.7 Å². The van der Waals surface area contributed by atoms with Gasteiger partial charge in [-0.1, -0.05) is 43.9 Å². The van der Waals surface area contributed by atoms with E-state index in [0.29, 0.717) is 12.8 Å². The number of ketones is 1. The van der Waals surface area contributed by atoms with Crippen molar-refractivity contribution in [2.45, 2.75) is 82.1 Å². The summed E-state index contributed by atoms with van der Waals surface area (Å²) in [6.45, 7) is 3.27. The van der Waals surface area contributed by atoms with Gasteiger partial charge in [0.15, 0.2) is 11.2 Å². The number of carbonyl (C=O) groups is 2. The Labute approximate surface area is 179 Å². The Morgan fingerprint density at radius 3 is 2.37 bits per heavy atom. The lowest BCUT2D eigenvalue weighted by Gasteiger charge is -2.40. The highest BCUT2D eigenvalue weighted by Crippen LogP contribution is 2.40. The van der Waals surface area contributed by atoms with Gasteiger partial charge in [0, 0.05) is 6.42 Å². The zero-order valence-corrected chi connectivity index (χ0v) is 18.7. The molecule has 0 aliphatic heterocycles. The summed E-state index contributed by atoms with van der Waals surface area (Å²) in [5.74, 6) is -0.701. The Morgan fingerprint density at radius 1 is 1.07 bits per heavy atom. The fourth-order valence-electron chi connectivity index (χ4n) is 4.57. The highest BCUT2D eigenvalue weighted by molar-refractivity contribution is 7.86. The molecular formula is C23H32O6S. The van der Waals surface area contributed by atoms with E-state index in [2.05, 4.69) is 0 Å².